The molecule has 0 fully saturated rings. The zero-order chi connectivity index (χ0) is 41.5. The molecule has 0 aromatic carbocycles. The van der Waals surface area contributed by atoms with E-state index in [2.05, 4.69) is 20.8 Å². The van der Waals surface area contributed by atoms with Gasteiger partial charge in [0.15, 0.2) is 6.10 Å². The Bertz CT molecular complexity index is 844. The van der Waals surface area contributed by atoms with Gasteiger partial charge in [-0.15, -0.1) is 0 Å². The summed E-state index contributed by atoms with van der Waals surface area (Å²) < 4.78 is 16.7. The summed E-state index contributed by atoms with van der Waals surface area (Å²) in [6, 6.07) is 0. The molecule has 0 aliphatic carbocycles. The molecule has 0 bridgehead atoms. The van der Waals surface area contributed by atoms with E-state index < -0.39 is 6.10 Å². The molecule has 0 aromatic rings. The number of ether oxygens (including phenoxy) is 3. The van der Waals surface area contributed by atoms with Crippen LogP contribution in [0.3, 0.4) is 0 Å². The molecule has 0 spiro atoms. The van der Waals surface area contributed by atoms with Gasteiger partial charge in [-0.1, -0.05) is 252 Å². The van der Waals surface area contributed by atoms with Crippen LogP contribution in [-0.4, -0.2) is 37.2 Å². The SMILES string of the molecule is CCCCCCCCCCCCCCCCCCCCCC(=O)OCC(COC(=O)CCCCCCC)OC(=O)CCCCCCCCCCCCCCCCC. The van der Waals surface area contributed by atoms with Gasteiger partial charge in [-0.2, -0.15) is 0 Å². The second-order valence-corrected chi connectivity index (χ2v) is 17.5. The summed E-state index contributed by atoms with van der Waals surface area (Å²) in [6.45, 7) is 6.60. The maximum Gasteiger partial charge on any atom is 0.306 e. The summed E-state index contributed by atoms with van der Waals surface area (Å²) in [4.78, 5) is 37.6. The molecule has 0 N–H and O–H groups in total. The van der Waals surface area contributed by atoms with Crippen molar-refractivity contribution in [1.29, 1.82) is 0 Å². The minimum absolute atomic E-state index is 0.0632. The lowest BCUT2D eigenvalue weighted by Gasteiger charge is -2.18. The summed E-state index contributed by atoms with van der Waals surface area (Å²) in [5.41, 5.74) is 0. The molecule has 0 heterocycles. The molecular formula is C51H98O6. The van der Waals surface area contributed by atoms with Gasteiger partial charge in [-0.25, -0.2) is 0 Å². The number of unbranched alkanes of at least 4 members (excludes halogenated alkanes) is 36. The van der Waals surface area contributed by atoms with E-state index in [1.807, 2.05) is 0 Å². The number of esters is 3. The van der Waals surface area contributed by atoms with Gasteiger partial charge in [0.1, 0.15) is 13.2 Å². The first kappa shape index (κ1) is 55.4. The summed E-state index contributed by atoms with van der Waals surface area (Å²) in [5.74, 6) is -0.858. The van der Waals surface area contributed by atoms with Crippen LogP contribution in [0.4, 0.5) is 0 Å². The Balaban J connectivity index is 4.09. The number of rotatable bonds is 47. The fourth-order valence-corrected chi connectivity index (χ4v) is 7.74. The van der Waals surface area contributed by atoms with Crippen LogP contribution in [0.5, 0.6) is 0 Å². The number of hydrogen-bond acceptors (Lipinski definition) is 6. The fourth-order valence-electron chi connectivity index (χ4n) is 7.74. The molecule has 6 heteroatoms. The molecule has 0 aliphatic rings. The number of hydrogen-bond donors (Lipinski definition) is 0. The van der Waals surface area contributed by atoms with Crippen LogP contribution in [0.15, 0.2) is 0 Å². The fraction of sp³-hybridized carbons (Fsp3) is 0.941. The van der Waals surface area contributed by atoms with Crippen LogP contribution in [0.25, 0.3) is 0 Å². The highest BCUT2D eigenvalue weighted by Gasteiger charge is 2.19. The van der Waals surface area contributed by atoms with E-state index in [0.29, 0.717) is 19.3 Å². The predicted molar refractivity (Wildman–Crippen MR) is 243 cm³/mol. The monoisotopic (exact) mass is 807 g/mol. The first-order valence-corrected chi connectivity index (χ1v) is 25.5. The Kier molecular flexibility index (Phi) is 45.8. The van der Waals surface area contributed by atoms with Gasteiger partial charge in [0.2, 0.25) is 0 Å². The van der Waals surface area contributed by atoms with Crippen LogP contribution in [0.1, 0.15) is 290 Å². The second-order valence-electron chi connectivity index (χ2n) is 17.5. The largest absolute Gasteiger partial charge is 0.462 e. The van der Waals surface area contributed by atoms with Crippen LogP contribution >= 0.6 is 0 Å². The molecule has 338 valence electrons. The Hall–Kier alpha value is -1.59. The molecule has 0 aliphatic heterocycles. The van der Waals surface area contributed by atoms with E-state index in [0.717, 1.165) is 64.2 Å². The highest BCUT2D eigenvalue weighted by Crippen LogP contribution is 2.17. The van der Waals surface area contributed by atoms with Crippen LogP contribution < -0.4 is 0 Å². The van der Waals surface area contributed by atoms with Gasteiger partial charge in [0.05, 0.1) is 0 Å². The standard InChI is InChI=1S/C51H98O6/c1-4-7-10-13-15-17-19-21-23-24-25-26-28-29-31-33-35-38-41-44-50(53)56-47-48(46-55-49(52)43-40-37-12-9-6-3)57-51(54)45-42-39-36-34-32-30-27-22-20-18-16-14-11-8-5-2/h48H,4-47H2,1-3H3. The van der Waals surface area contributed by atoms with E-state index in [-0.39, 0.29) is 31.1 Å². The normalized spacial score (nSPS) is 11.8. The van der Waals surface area contributed by atoms with Crippen molar-refractivity contribution < 1.29 is 28.6 Å². The van der Waals surface area contributed by atoms with Crippen molar-refractivity contribution in [2.24, 2.45) is 0 Å². The lowest BCUT2D eigenvalue weighted by Crippen LogP contribution is -2.30. The molecule has 1 atom stereocenters. The molecule has 0 aromatic heterocycles. The van der Waals surface area contributed by atoms with Crippen molar-refractivity contribution in [3.63, 3.8) is 0 Å². The zero-order valence-corrected chi connectivity index (χ0v) is 38.6. The van der Waals surface area contributed by atoms with Gasteiger partial charge in [0.25, 0.3) is 0 Å². The summed E-state index contributed by atoms with van der Waals surface area (Å²) >= 11 is 0. The molecule has 57 heavy (non-hydrogen) atoms. The summed E-state index contributed by atoms with van der Waals surface area (Å²) in [5, 5.41) is 0. The Morgan fingerprint density at radius 1 is 0.281 bits per heavy atom. The highest BCUT2D eigenvalue weighted by molar-refractivity contribution is 5.71. The van der Waals surface area contributed by atoms with E-state index in [1.54, 1.807) is 0 Å². The van der Waals surface area contributed by atoms with Crippen molar-refractivity contribution in [2.75, 3.05) is 13.2 Å². The maximum absolute atomic E-state index is 12.7. The molecule has 0 saturated carbocycles. The average molecular weight is 807 g/mol. The third kappa shape index (κ3) is 45.3. The van der Waals surface area contributed by atoms with Crippen molar-refractivity contribution in [3.05, 3.63) is 0 Å². The van der Waals surface area contributed by atoms with Crippen molar-refractivity contribution >= 4 is 17.9 Å². The van der Waals surface area contributed by atoms with Gasteiger partial charge in [-0.3, -0.25) is 14.4 Å². The quantitative estimate of drug-likeness (QED) is 0.0346. The average Bonchev–Trinajstić information content (AvgIpc) is 3.21. The van der Waals surface area contributed by atoms with Gasteiger partial charge in [0, 0.05) is 19.3 Å². The van der Waals surface area contributed by atoms with Crippen LogP contribution in [0, 0.1) is 0 Å². The topological polar surface area (TPSA) is 78.9 Å². The molecule has 1 unspecified atom stereocenters. The third-order valence-corrected chi connectivity index (χ3v) is 11.6. The first-order valence-electron chi connectivity index (χ1n) is 25.5. The molecule has 6 nitrogen and oxygen atoms in total. The Morgan fingerprint density at radius 3 is 0.702 bits per heavy atom. The van der Waals surface area contributed by atoms with Crippen LogP contribution in [0.2, 0.25) is 0 Å². The third-order valence-electron chi connectivity index (χ3n) is 11.6. The van der Waals surface area contributed by atoms with E-state index >= 15 is 0 Å². The second kappa shape index (κ2) is 47.1. The lowest BCUT2D eigenvalue weighted by molar-refractivity contribution is -0.167. The highest BCUT2D eigenvalue weighted by atomic mass is 16.6. The first-order chi connectivity index (χ1) is 28.0. The van der Waals surface area contributed by atoms with Crippen molar-refractivity contribution in [1.82, 2.24) is 0 Å². The van der Waals surface area contributed by atoms with Crippen molar-refractivity contribution in [2.45, 2.75) is 297 Å². The van der Waals surface area contributed by atoms with E-state index in [1.165, 1.54) is 186 Å². The van der Waals surface area contributed by atoms with Gasteiger partial charge >= 0.3 is 17.9 Å². The van der Waals surface area contributed by atoms with E-state index in [4.69, 9.17) is 14.2 Å². The zero-order valence-electron chi connectivity index (χ0n) is 38.6. The molecule has 0 saturated heterocycles. The van der Waals surface area contributed by atoms with Gasteiger partial charge in [-0.05, 0) is 19.3 Å². The lowest BCUT2D eigenvalue weighted by atomic mass is 10.0. The molecule has 0 amide bonds. The Morgan fingerprint density at radius 2 is 0.474 bits per heavy atom. The number of carbonyl (C=O) groups excluding carboxylic acids is 3. The van der Waals surface area contributed by atoms with Crippen LogP contribution in [-0.2, 0) is 28.6 Å². The summed E-state index contributed by atoms with van der Waals surface area (Å²) in [7, 11) is 0. The predicted octanol–water partition coefficient (Wildman–Crippen LogP) is 16.4. The molecule has 0 radical (unpaired) electrons. The molecule has 0 rings (SSSR count). The minimum Gasteiger partial charge on any atom is -0.462 e. The minimum atomic E-state index is -0.757. The Labute approximate surface area is 355 Å². The smallest absolute Gasteiger partial charge is 0.306 e. The molecular weight excluding hydrogens is 709 g/mol. The maximum atomic E-state index is 12.7. The van der Waals surface area contributed by atoms with Crippen molar-refractivity contribution in [3.8, 4) is 0 Å². The van der Waals surface area contributed by atoms with Gasteiger partial charge < -0.3 is 14.2 Å². The number of carbonyl (C=O) groups is 3. The van der Waals surface area contributed by atoms with E-state index in [9.17, 15) is 14.4 Å². The summed E-state index contributed by atoms with van der Waals surface area (Å²) in [6.07, 6.45) is 49.8.